The molecule has 1 aliphatic heterocycles. The number of hydrogen-bond donors (Lipinski definition) is 6. The molecule has 1 aliphatic rings. The molecule has 7 atom stereocenters. The van der Waals surface area contributed by atoms with Gasteiger partial charge in [0.15, 0.2) is 6.29 Å². The Bertz CT molecular complexity index is 1110. The van der Waals surface area contributed by atoms with Gasteiger partial charge in [0, 0.05) is 6.42 Å². The van der Waals surface area contributed by atoms with Crippen molar-refractivity contribution in [1.29, 1.82) is 0 Å². The van der Waals surface area contributed by atoms with Gasteiger partial charge in [-0.25, -0.2) is 0 Å². The molecule has 0 aliphatic carbocycles. The van der Waals surface area contributed by atoms with Crippen LogP contribution in [0.4, 0.5) is 0 Å². The van der Waals surface area contributed by atoms with Crippen molar-refractivity contribution in [3.05, 3.63) is 48.6 Å². The second-order valence-electron chi connectivity index (χ2n) is 17.9. The minimum Gasteiger partial charge on any atom is -0.394 e. The predicted molar refractivity (Wildman–Crippen MR) is 258 cm³/mol. The molecule has 362 valence electrons. The summed E-state index contributed by atoms with van der Waals surface area (Å²) < 4.78 is 11.2. The first kappa shape index (κ1) is 58.2. The normalized spacial score (nSPS) is 20.7. The molecule has 9 heteroatoms. The predicted octanol–water partition coefficient (Wildman–Crippen LogP) is 11.8. The Morgan fingerprint density at radius 1 is 0.532 bits per heavy atom. The Balaban J connectivity index is 2.30. The second-order valence-corrected chi connectivity index (χ2v) is 17.9. The number of carbonyl (C=O) groups excluding carboxylic acids is 1. The van der Waals surface area contributed by atoms with E-state index in [0.717, 1.165) is 64.2 Å². The first-order valence-corrected chi connectivity index (χ1v) is 25.9. The number of hydrogen-bond acceptors (Lipinski definition) is 8. The van der Waals surface area contributed by atoms with Crippen molar-refractivity contribution in [2.75, 3.05) is 13.2 Å². The largest absolute Gasteiger partial charge is 0.394 e. The zero-order chi connectivity index (χ0) is 45.1. The number of allylic oxidation sites excluding steroid dienone is 7. The summed E-state index contributed by atoms with van der Waals surface area (Å²) >= 11 is 0. The van der Waals surface area contributed by atoms with E-state index in [1.807, 2.05) is 6.08 Å². The van der Waals surface area contributed by atoms with Crippen LogP contribution in [0, 0.1) is 0 Å². The number of carbonyl (C=O) groups is 1. The fourth-order valence-corrected chi connectivity index (χ4v) is 7.95. The van der Waals surface area contributed by atoms with Gasteiger partial charge in [-0.3, -0.25) is 4.79 Å². The van der Waals surface area contributed by atoms with E-state index in [2.05, 4.69) is 55.6 Å². The first-order valence-electron chi connectivity index (χ1n) is 25.9. The van der Waals surface area contributed by atoms with Crippen LogP contribution in [0.1, 0.15) is 226 Å². The zero-order valence-electron chi connectivity index (χ0n) is 39.9. The molecule has 1 amide bonds. The van der Waals surface area contributed by atoms with E-state index in [1.165, 1.54) is 141 Å². The van der Waals surface area contributed by atoms with Gasteiger partial charge in [-0.05, 0) is 70.6 Å². The lowest BCUT2D eigenvalue weighted by Gasteiger charge is -2.40. The third-order valence-electron chi connectivity index (χ3n) is 12.1. The van der Waals surface area contributed by atoms with Crippen LogP contribution < -0.4 is 5.32 Å². The maximum absolute atomic E-state index is 13.0. The van der Waals surface area contributed by atoms with Crippen molar-refractivity contribution in [3.63, 3.8) is 0 Å². The van der Waals surface area contributed by atoms with Crippen molar-refractivity contribution in [2.45, 2.75) is 269 Å². The fourth-order valence-electron chi connectivity index (χ4n) is 7.95. The van der Waals surface area contributed by atoms with Gasteiger partial charge in [0.1, 0.15) is 24.4 Å². The fraction of sp³-hybridized carbons (Fsp3) is 0.830. The van der Waals surface area contributed by atoms with Gasteiger partial charge in [-0.15, -0.1) is 0 Å². The summed E-state index contributed by atoms with van der Waals surface area (Å²) in [5.41, 5.74) is 0. The topological polar surface area (TPSA) is 149 Å². The highest BCUT2D eigenvalue weighted by atomic mass is 16.7. The molecule has 6 N–H and O–H groups in total. The highest BCUT2D eigenvalue weighted by Gasteiger charge is 2.44. The molecule has 0 saturated carbocycles. The average molecular weight is 876 g/mol. The van der Waals surface area contributed by atoms with Gasteiger partial charge in [-0.1, -0.05) is 197 Å². The van der Waals surface area contributed by atoms with Crippen LogP contribution in [-0.2, 0) is 14.3 Å². The van der Waals surface area contributed by atoms with E-state index in [1.54, 1.807) is 6.08 Å². The monoisotopic (exact) mass is 876 g/mol. The molecule has 1 fully saturated rings. The quantitative estimate of drug-likeness (QED) is 0.0262. The second kappa shape index (κ2) is 43.1. The molecule has 1 saturated heterocycles. The van der Waals surface area contributed by atoms with Crippen molar-refractivity contribution < 1.29 is 39.8 Å². The molecule has 0 aromatic rings. The summed E-state index contributed by atoms with van der Waals surface area (Å²) in [5, 5.41) is 54.3. The highest BCUT2D eigenvalue weighted by molar-refractivity contribution is 5.76. The van der Waals surface area contributed by atoms with Gasteiger partial charge in [0.2, 0.25) is 5.91 Å². The van der Waals surface area contributed by atoms with Crippen LogP contribution in [0.5, 0.6) is 0 Å². The van der Waals surface area contributed by atoms with Gasteiger partial charge in [-0.2, -0.15) is 0 Å². The van der Waals surface area contributed by atoms with E-state index in [-0.39, 0.29) is 12.5 Å². The van der Waals surface area contributed by atoms with E-state index in [4.69, 9.17) is 9.47 Å². The Labute approximate surface area is 380 Å². The molecule has 1 rings (SSSR count). The molecule has 0 aromatic heterocycles. The molecular weight excluding hydrogens is 779 g/mol. The number of ether oxygens (including phenoxy) is 2. The lowest BCUT2D eigenvalue weighted by atomic mass is 9.99. The maximum atomic E-state index is 13.0. The average Bonchev–Trinajstić information content (AvgIpc) is 3.27. The van der Waals surface area contributed by atoms with Crippen LogP contribution >= 0.6 is 0 Å². The maximum Gasteiger partial charge on any atom is 0.220 e. The lowest BCUT2D eigenvalue weighted by molar-refractivity contribution is -0.302. The molecular formula is C53H97NO8. The van der Waals surface area contributed by atoms with Gasteiger partial charge < -0.3 is 40.3 Å². The third kappa shape index (κ3) is 32.8. The Morgan fingerprint density at radius 2 is 0.919 bits per heavy atom. The van der Waals surface area contributed by atoms with E-state index < -0.39 is 49.5 Å². The summed E-state index contributed by atoms with van der Waals surface area (Å²) in [6.07, 6.45) is 48.8. The first-order chi connectivity index (χ1) is 30.3. The van der Waals surface area contributed by atoms with E-state index in [0.29, 0.717) is 6.42 Å². The standard InChI is InChI=1S/C53H97NO8/c1-3-5-7-9-11-13-15-17-19-21-22-23-24-25-26-27-29-31-33-35-37-39-41-43-49(57)54-46(45-61-53-52(60)51(59)50(58)48(44-55)62-53)47(56)42-40-38-36-34-32-30-28-20-18-16-14-12-10-8-6-4-2/h18,20,25-26,32,34,40,42,46-48,50-53,55-56,58-60H,3-17,19,21-24,27-31,33,35-39,41,43-45H2,1-2H3,(H,54,57)/b20-18+,26-25-,34-32+,42-40+. The van der Waals surface area contributed by atoms with Crippen molar-refractivity contribution in [3.8, 4) is 0 Å². The summed E-state index contributed by atoms with van der Waals surface area (Å²) in [7, 11) is 0. The van der Waals surface area contributed by atoms with E-state index >= 15 is 0 Å². The zero-order valence-corrected chi connectivity index (χ0v) is 39.9. The highest BCUT2D eigenvalue weighted by Crippen LogP contribution is 2.23. The minimum absolute atomic E-state index is 0.195. The van der Waals surface area contributed by atoms with Gasteiger partial charge in [0.25, 0.3) is 0 Å². The summed E-state index contributed by atoms with van der Waals surface area (Å²) in [5.74, 6) is -0.195. The minimum atomic E-state index is -1.58. The third-order valence-corrected chi connectivity index (χ3v) is 12.1. The molecule has 9 nitrogen and oxygen atoms in total. The number of rotatable bonds is 43. The molecule has 0 radical (unpaired) electrons. The number of aliphatic hydroxyl groups is 5. The number of unbranched alkanes of at least 4 members (excludes halogenated alkanes) is 27. The molecule has 0 bridgehead atoms. The molecule has 0 aromatic carbocycles. The van der Waals surface area contributed by atoms with E-state index in [9.17, 15) is 30.3 Å². The van der Waals surface area contributed by atoms with Gasteiger partial charge >= 0.3 is 0 Å². The summed E-state index contributed by atoms with van der Waals surface area (Å²) in [6.45, 7) is 3.75. The van der Waals surface area contributed by atoms with Gasteiger partial charge in [0.05, 0.1) is 25.4 Å². The van der Waals surface area contributed by atoms with Crippen molar-refractivity contribution in [1.82, 2.24) is 5.32 Å². The molecule has 62 heavy (non-hydrogen) atoms. The van der Waals surface area contributed by atoms with Crippen molar-refractivity contribution in [2.24, 2.45) is 0 Å². The molecule has 7 unspecified atom stereocenters. The van der Waals surface area contributed by atoms with Crippen LogP contribution in [0.25, 0.3) is 0 Å². The number of nitrogens with one attached hydrogen (secondary N) is 1. The number of aliphatic hydroxyl groups excluding tert-OH is 5. The Hall–Kier alpha value is -1.85. The Kier molecular flexibility index (Phi) is 40.4. The van der Waals surface area contributed by atoms with Crippen LogP contribution in [0.15, 0.2) is 48.6 Å². The summed E-state index contributed by atoms with van der Waals surface area (Å²) in [6, 6.07) is -0.830. The molecule has 0 spiro atoms. The number of amides is 1. The van der Waals surface area contributed by atoms with Crippen LogP contribution in [-0.4, -0.2) is 87.5 Å². The van der Waals surface area contributed by atoms with Crippen LogP contribution in [0.3, 0.4) is 0 Å². The van der Waals surface area contributed by atoms with Crippen LogP contribution in [0.2, 0.25) is 0 Å². The Morgan fingerprint density at radius 3 is 1.35 bits per heavy atom. The summed E-state index contributed by atoms with van der Waals surface area (Å²) in [4.78, 5) is 13.0. The smallest absolute Gasteiger partial charge is 0.220 e. The van der Waals surface area contributed by atoms with Crippen molar-refractivity contribution >= 4 is 5.91 Å². The molecule has 1 heterocycles. The lowest BCUT2D eigenvalue weighted by Crippen LogP contribution is -2.60. The SMILES string of the molecule is CCCCCCCC/C=C/CC/C=C/CC/C=C/C(O)C(COC1OC(CO)C(O)C(O)C1O)NC(=O)CCCCCCCCC/C=C\CCCCCCCCCCCCCC.